The van der Waals surface area contributed by atoms with Gasteiger partial charge in [-0.1, -0.05) is 41.6 Å². The predicted octanol–water partition coefficient (Wildman–Crippen LogP) is 3.75. The lowest BCUT2D eigenvalue weighted by Gasteiger charge is -2.18. The van der Waals surface area contributed by atoms with Gasteiger partial charge in [0.2, 0.25) is 5.89 Å². The van der Waals surface area contributed by atoms with Crippen molar-refractivity contribution < 1.29 is 9.26 Å². The first kappa shape index (κ1) is 19.8. The third kappa shape index (κ3) is 4.86. The maximum atomic E-state index is 5.48. The Morgan fingerprint density at radius 2 is 1.96 bits per heavy atom. The molecular formula is C21H27N5O2. The van der Waals surface area contributed by atoms with Gasteiger partial charge in [-0.2, -0.15) is 4.98 Å². The topological polar surface area (TPSA) is 84.6 Å². The second-order valence-corrected chi connectivity index (χ2v) is 6.54. The van der Waals surface area contributed by atoms with E-state index in [0.717, 1.165) is 0 Å². The van der Waals surface area contributed by atoms with Gasteiger partial charge in [-0.25, -0.2) is 0 Å². The van der Waals surface area contributed by atoms with Crippen LogP contribution in [0, 0.1) is 0 Å². The van der Waals surface area contributed by atoms with Gasteiger partial charge in [-0.05, 0) is 43.2 Å². The van der Waals surface area contributed by atoms with E-state index in [1.165, 1.54) is 16.3 Å². The van der Waals surface area contributed by atoms with E-state index in [1.807, 2.05) is 19.9 Å². The van der Waals surface area contributed by atoms with Crippen molar-refractivity contribution in [2.45, 2.75) is 39.5 Å². The zero-order valence-electron chi connectivity index (χ0n) is 16.8. The van der Waals surface area contributed by atoms with Gasteiger partial charge in [-0.3, -0.25) is 4.99 Å². The fourth-order valence-electron chi connectivity index (χ4n) is 2.95. The van der Waals surface area contributed by atoms with E-state index in [0.29, 0.717) is 30.8 Å². The van der Waals surface area contributed by atoms with Gasteiger partial charge < -0.3 is 19.9 Å². The van der Waals surface area contributed by atoms with Crippen molar-refractivity contribution in [3.63, 3.8) is 0 Å². The van der Waals surface area contributed by atoms with E-state index in [4.69, 9.17) is 9.26 Å². The summed E-state index contributed by atoms with van der Waals surface area (Å²) in [5.41, 5.74) is 1.19. The van der Waals surface area contributed by atoms with Crippen LogP contribution in [0.25, 0.3) is 10.8 Å². The molecule has 7 heteroatoms. The van der Waals surface area contributed by atoms with Crippen LogP contribution in [0.15, 0.2) is 52.0 Å². The van der Waals surface area contributed by atoms with Crippen molar-refractivity contribution in [3.05, 3.63) is 59.7 Å². The zero-order chi connectivity index (χ0) is 19.9. The van der Waals surface area contributed by atoms with Gasteiger partial charge in [0, 0.05) is 13.7 Å². The third-order valence-electron chi connectivity index (χ3n) is 4.52. The summed E-state index contributed by atoms with van der Waals surface area (Å²) in [5.74, 6) is 1.70. The first-order valence-electron chi connectivity index (χ1n) is 9.50. The number of aromatic nitrogens is 2. The normalized spacial score (nSPS) is 14.1. The molecule has 2 N–H and O–H groups in total. The molecule has 0 spiro atoms. The molecule has 2 atom stereocenters. The van der Waals surface area contributed by atoms with E-state index in [-0.39, 0.29) is 12.1 Å². The van der Waals surface area contributed by atoms with Gasteiger partial charge in [0.05, 0.1) is 12.6 Å². The van der Waals surface area contributed by atoms with Crippen molar-refractivity contribution >= 4 is 16.7 Å². The molecule has 0 fully saturated rings. The summed E-state index contributed by atoms with van der Waals surface area (Å²) in [5, 5.41) is 13.0. The van der Waals surface area contributed by atoms with Crippen LogP contribution in [0.5, 0.6) is 0 Å². The van der Waals surface area contributed by atoms with Gasteiger partial charge in [0.25, 0.3) is 0 Å². The molecule has 28 heavy (non-hydrogen) atoms. The minimum absolute atomic E-state index is 0.0898. The summed E-state index contributed by atoms with van der Waals surface area (Å²) in [6.07, 6.45) is -0.187. The highest BCUT2D eigenvalue weighted by atomic mass is 16.5. The number of rotatable bonds is 7. The van der Waals surface area contributed by atoms with Crippen LogP contribution in [0.4, 0.5) is 0 Å². The lowest BCUT2D eigenvalue weighted by Crippen LogP contribution is -2.38. The molecule has 2 aromatic carbocycles. The molecule has 1 heterocycles. The lowest BCUT2D eigenvalue weighted by molar-refractivity contribution is 0.0683. The fraction of sp³-hybridized carbons (Fsp3) is 0.381. The highest BCUT2D eigenvalue weighted by molar-refractivity contribution is 5.84. The molecule has 0 aliphatic carbocycles. The van der Waals surface area contributed by atoms with Gasteiger partial charge in [0.15, 0.2) is 11.8 Å². The zero-order valence-corrected chi connectivity index (χ0v) is 16.8. The fourth-order valence-corrected chi connectivity index (χ4v) is 2.95. The summed E-state index contributed by atoms with van der Waals surface area (Å²) in [4.78, 5) is 8.64. The first-order valence-corrected chi connectivity index (χ1v) is 9.50. The molecule has 0 aliphatic heterocycles. The van der Waals surface area contributed by atoms with E-state index in [1.54, 1.807) is 7.05 Å². The summed E-state index contributed by atoms with van der Waals surface area (Å²) < 4.78 is 10.8. The number of benzene rings is 2. The quantitative estimate of drug-likeness (QED) is 0.479. The molecule has 3 aromatic rings. The molecule has 1 aromatic heterocycles. The highest BCUT2D eigenvalue weighted by Crippen LogP contribution is 2.20. The van der Waals surface area contributed by atoms with E-state index in [9.17, 15) is 0 Å². The van der Waals surface area contributed by atoms with E-state index < -0.39 is 0 Å². The molecular weight excluding hydrogens is 354 g/mol. The number of fused-ring (bicyclic) bond motifs is 1. The highest BCUT2D eigenvalue weighted by Gasteiger charge is 2.14. The Hall–Kier alpha value is -2.93. The smallest absolute Gasteiger partial charge is 0.246 e. The first-order chi connectivity index (χ1) is 13.6. The second-order valence-electron chi connectivity index (χ2n) is 6.54. The Balaban J connectivity index is 1.59. The molecule has 0 bridgehead atoms. The minimum Gasteiger partial charge on any atom is -0.371 e. The molecule has 3 rings (SSSR count). The molecule has 148 valence electrons. The molecule has 2 unspecified atom stereocenters. The number of nitrogens with zero attached hydrogens (tertiary/aromatic N) is 3. The lowest BCUT2D eigenvalue weighted by atomic mass is 10.0. The van der Waals surface area contributed by atoms with Gasteiger partial charge in [-0.15, -0.1) is 0 Å². The predicted molar refractivity (Wildman–Crippen MR) is 110 cm³/mol. The molecule has 0 aliphatic rings. The average Bonchev–Trinajstić information content (AvgIpc) is 3.20. The number of guanidine groups is 1. The van der Waals surface area contributed by atoms with Crippen LogP contribution < -0.4 is 10.6 Å². The molecule has 0 saturated heterocycles. The number of hydrogen-bond acceptors (Lipinski definition) is 5. The number of nitrogens with one attached hydrogen (secondary N) is 2. The van der Waals surface area contributed by atoms with Crippen LogP contribution in [0.3, 0.4) is 0 Å². The molecule has 0 saturated carbocycles. The van der Waals surface area contributed by atoms with Crippen molar-refractivity contribution in [2.75, 3.05) is 13.7 Å². The van der Waals surface area contributed by atoms with Crippen molar-refractivity contribution in [1.82, 2.24) is 20.8 Å². The summed E-state index contributed by atoms with van der Waals surface area (Å²) >= 11 is 0. The second kappa shape index (κ2) is 9.32. The Morgan fingerprint density at radius 3 is 2.71 bits per heavy atom. The molecule has 0 amide bonds. The SMILES string of the molecule is CCOC(C)c1noc(CNC(=NC)NC(C)c2ccc3ccccc3c2)n1. The molecule has 0 radical (unpaired) electrons. The Morgan fingerprint density at radius 1 is 1.18 bits per heavy atom. The van der Waals surface area contributed by atoms with Crippen LogP contribution >= 0.6 is 0 Å². The maximum Gasteiger partial charge on any atom is 0.246 e. The van der Waals surface area contributed by atoms with Crippen molar-refractivity contribution in [1.29, 1.82) is 0 Å². The minimum atomic E-state index is -0.187. The number of ether oxygens (including phenoxy) is 1. The third-order valence-corrected chi connectivity index (χ3v) is 4.52. The standard InChI is InChI=1S/C21H27N5O2/c1-5-27-15(3)20-25-19(28-26-20)13-23-21(22-4)24-14(2)17-11-10-16-8-6-7-9-18(16)12-17/h6-12,14-15H,5,13H2,1-4H3,(H2,22,23,24). The molecule has 7 nitrogen and oxygen atoms in total. The van der Waals surface area contributed by atoms with E-state index >= 15 is 0 Å². The van der Waals surface area contributed by atoms with Crippen molar-refractivity contribution in [3.8, 4) is 0 Å². The van der Waals surface area contributed by atoms with Crippen LogP contribution in [-0.2, 0) is 11.3 Å². The monoisotopic (exact) mass is 381 g/mol. The van der Waals surface area contributed by atoms with Crippen LogP contribution in [-0.4, -0.2) is 29.8 Å². The summed E-state index contributed by atoms with van der Waals surface area (Å²) in [7, 11) is 1.73. The van der Waals surface area contributed by atoms with Gasteiger partial charge >= 0.3 is 0 Å². The van der Waals surface area contributed by atoms with E-state index in [2.05, 4.69) is 69.1 Å². The van der Waals surface area contributed by atoms with Crippen LogP contribution in [0.1, 0.15) is 50.2 Å². The van der Waals surface area contributed by atoms with Crippen LogP contribution in [0.2, 0.25) is 0 Å². The van der Waals surface area contributed by atoms with Crippen molar-refractivity contribution in [2.24, 2.45) is 4.99 Å². The Labute approximate surface area is 165 Å². The number of hydrogen-bond donors (Lipinski definition) is 2. The van der Waals surface area contributed by atoms with Gasteiger partial charge in [0.1, 0.15) is 6.10 Å². The number of aliphatic imine (C=N–C) groups is 1. The maximum absolute atomic E-state index is 5.48. The largest absolute Gasteiger partial charge is 0.371 e. The Kier molecular flexibility index (Phi) is 6.60. The Bertz CT molecular complexity index is 937. The summed E-state index contributed by atoms with van der Waals surface area (Å²) in [6, 6.07) is 14.9. The average molecular weight is 381 g/mol. The summed E-state index contributed by atoms with van der Waals surface area (Å²) in [6.45, 7) is 6.93.